The van der Waals surface area contributed by atoms with Gasteiger partial charge in [0.05, 0.1) is 24.9 Å². The monoisotopic (exact) mass is 459 g/mol. The number of hydrogen-bond acceptors (Lipinski definition) is 6. The van der Waals surface area contributed by atoms with Gasteiger partial charge in [-0.05, 0) is 62.4 Å². The summed E-state index contributed by atoms with van der Waals surface area (Å²) in [4.78, 5) is 25.8. The number of rotatable bonds is 8. The van der Waals surface area contributed by atoms with E-state index in [1.54, 1.807) is 23.0 Å². The number of fused-ring (bicyclic) bond motifs is 1. The molecule has 0 bridgehead atoms. The average molecular weight is 460 g/mol. The lowest BCUT2D eigenvalue weighted by molar-refractivity contribution is -0.115. The minimum atomic E-state index is -0.409. The molecule has 3 heterocycles. The van der Waals surface area contributed by atoms with Gasteiger partial charge in [-0.1, -0.05) is 6.07 Å². The molecule has 1 aliphatic rings. The number of pyridine rings is 1. The lowest BCUT2D eigenvalue weighted by atomic mass is 10.1. The Morgan fingerprint density at radius 3 is 2.79 bits per heavy atom. The molecule has 3 aromatic heterocycles. The number of aryl methyl sites for hydroxylation is 1. The summed E-state index contributed by atoms with van der Waals surface area (Å²) in [7, 11) is 0. The van der Waals surface area contributed by atoms with Crippen LogP contribution in [-0.2, 0) is 17.8 Å². The Balaban J connectivity index is 1.25. The summed E-state index contributed by atoms with van der Waals surface area (Å²) >= 11 is 0. The largest absolute Gasteiger partial charge is 0.362 e. The summed E-state index contributed by atoms with van der Waals surface area (Å²) < 4.78 is 16.4. The van der Waals surface area contributed by atoms with Crippen molar-refractivity contribution in [2.24, 2.45) is 0 Å². The molecule has 0 aliphatic heterocycles. The fraction of sp³-hybridized carbons (Fsp3) is 0.320. The van der Waals surface area contributed by atoms with Gasteiger partial charge in [0.25, 0.3) is 0 Å². The summed E-state index contributed by atoms with van der Waals surface area (Å²) in [5.41, 5.74) is 4.10. The Hall–Kier alpha value is -3.88. The molecule has 9 heteroatoms. The van der Waals surface area contributed by atoms with Gasteiger partial charge in [-0.2, -0.15) is 5.10 Å². The summed E-state index contributed by atoms with van der Waals surface area (Å²) in [5.74, 6) is 0.549. The van der Waals surface area contributed by atoms with E-state index >= 15 is 0 Å². The van der Waals surface area contributed by atoms with Crippen LogP contribution in [0, 0.1) is 5.82 Å². The van der Waals surface area contributed by atoms with E-state index in [1.165, 1.54) is 24.5 Å². The molecule has 1 aromatic carbocycles. The van der Waals surface area contributed by atoms with Crippen molar-refractivity contribution in [1.82, 2.24) is 24.7 Å². The first kappa shape index (κ1) is 21.9. The van der Waals surface area contributed by atoms with Crippen molar-refractivity contribution in [2.45, 2.75) is 51.6 Å². The van der Waals surface area contributed by atoms with Crippen LogP contribution >= 0.6 is 0 Å². The van der Waals surface area contributed by atoms with Crippen LogP contribution in [0.3, 0.4) is 0 Å². The molecule has 0 unspecified atom stereocenters. The minimum absolute atomic E-state index is 0.158. The number of carbonyl (C=O) groups excluding carboxylic acids is 1. The number of hydrogen-bond donors (Lipinski definition) is 2. The number of nitrogens with one attached hydrogen (secondary N) is 2. The Morgan fingerprint density at radius 1 is 1.21 bits per heavy atom. The molecule has 1 atom stereocenters. The molecule has 1 amide bonds. The van der Waals surface area contributed by atoms with E-state index in [9.17, 15) is 9.18 Å². The van der Waals surface area contributed by atoms with E-state index in [-0.39, 0.29) is 18.1 Å². The van der Waals surface area contributed by atoms with Gasteiger partial charge in [0, 0.05) is 29.7 Å². The van der Waals surface area contributed by atoms with Crippen LogP contribution < -0.4 is 10.6 Å². The predicted molar refractivity (Wildman–Crippen MR) is 128 cm³/mol. The van der Waals surface area contributed by atoms with Crippen LogP contribution in [0.5, 0.6) is 0 Å². The first-order valence-electron chi connectivity index (χ1n) is 11.5. The van der Waals surface area contributed by atoms with E-state index in [1.807, 2.05) is 38.4 Å². The van der Waals surface area contributed by atoms with Crippen LogP contribution in [0.4, 0.5) is 15.9 Å². The van der Waals surface area contributed by atoms with Gasteiger partial charge >= 0.3 is 0 Å². The molecule has 1 fully saturated rings. The number of benzene rings is 1. The fourth-order valence-corrected chi connectivity index (χ4v) is 3.90. The van der Waals surface area contributed by atoms with Gasteiger partial charge in [-0.25, -0.2) is 14.4 Å². The van der Waals surface area contributed by atoms with Crippen LogP contribution in [0.25, 0.3) is 11.2 Å². The maximum atomic E-state index is 14.6. The second kappa shape index (κ2) is 9.17. The SMILES string of the molecule is CCn1cc2ncc(N[C@@H](C)c3cc(NC(=O)Cc4ccc(C5CC5)cn4)ccc3F)nc2n1. The Morgan fingerprint density at radius 2 is 2.06 bits per heavy atom. The highest BCUT2D eigenvalue weighted by molar-refractivity contribution is 5.92. The highest BCUT2D eigenvalue weighted by Gasteiger charge is 2.23. The summed E-state index contributed by atoms with van der Waals surface area (Å²) in [6, 6.07) is 8.07. The first-order chi connectivity index (χ1) is 16.5. The van der Waals surface area contributed by atoms with E-state index < -0.39 is 6.04 Å². The zero-order valence-electron chi connectivity index (χ0n) is 19.1. The zero-order valence-corrected chi connectivity index (χ0v) is 19.1. The maximum Gasteiger partial charge on any atom is 0.230 e. The minimum Gasteiger partial charge on any atom is -0.362 e. The highest BCUT2D eigenvalue weighted by atomic mass is 19.1. The second-order valence-electron chi connectivity index (χ2n) is 8.63. The molecule has 1 saturated carbocycles. The number of aromatic nitrogens is 5. The number of halogens is 1. The molecule has 8 nitrogen and oxygen atoms in total. The average Bonchev–Trinajstić information content (AvgIpc) is 3.59. The predicted octanol–water partition coefficient (Wildman–Crippen LogP) is 4.61. The number of nitrogens with zero attached hydrogens (tertiary/aromatic N) is 5. The van der Waals surface area contributed by atoms with Crippen molar-refractivity contribution in [2.75, 3.05) is 10.6 Å². The number of amides is 1. The maximum absolute atomic E-state index is 14.6. The van der Waals surface area contributed by atoms with E-state index in [0.29, 0.717) is 39.8 Å². The van der Waals surface area contributed by atoms with Crippen molar-refractivity contribution in [3.05, 3.63) is 71.6 Å². The lowest BCUT2D eigenvalue weighted by Gasteiger charge is -2.17. The van der Waals surface area contributed by atoms with E-state index in [2.05, 4.69) is 30.7 Å². The van der Waals surface area contributed by atoms with Gasteiger partial charge in [0.2, 0.25) is 11.6 Å². The van der Waals surface area contributed by atoms with Crippen LogP contribution in [0.1, 0.15) is 55.5 Å². The van der Waals surface area contributed by atoms with Crippen molar-refractivity contribution in [1.29, 1.82) is 0 Å². The van der Waals surface area contributed by atoms with Gasteiger partial charge in [0.15, 0.2) is 0 Å². The van der Waals surface area contributed by atoms with Crippen LogP contribution in [-0.4, -0.2) is 30.6 Å². The fourth-order valence-electron chi connectivity index (χ4n) is 3.90. The van der Waals surface area contributed by atoms with Crippen molar-refractivity contribution >= 4 is 28.6 Å². The summed E-state index contributed by atoms with van der Waals surface area (Å²) in [6.07, 6.45) is 7.88. The molecular formula is C25H26FN7O. The Bertz CT molecular complexity index is 1330. The molecule has 2 N–H and O–H groups in total. The first-order valence-corrected chi connectivity index (χ1v) is 11.5. The topological polar surface area (TPSA) is 97.6 Å². The van der Waals surface area contributed by atoms with E-state index in [0.717, 1.165) is 6.54 Å². The zero-order chi connectivity index (χ0) is 23.7. The molecular weight excluding hydrogens is 433 g/mol. The third-order valence-corrected chi connectivity index (χ3v) is 5.95. The lowest BCUT2D eigenvalue weighted by Crippen LogP contribution is -2.16. The summed E-state index contributed by atoms with van der Waals surface area (Å²) in [6.45, 7) is 4.54. The number of anilines is 2. The van der Waals surface area contributed by atoms with Crippen molar-refractivity contribution in [3.63, 3.8) is 0 Å². The standard InChI is InChI=1S/C25H26FN7O/c1-3-33-14-22-25(32-33)31-23(13-28-22)29-15(2)20-10-19(8-9-21(20)26)30-24(34)11-18-7-6-17(12-27-18)16-4-5-16/h6-10,12-16H,3-5,11H2,1-2H3,(H,30,34)(H,29,31,32)/t15-/m0/s1. The molecule has 174 valence electrons. The quantitative estimate of drug-likeness (QED) is 0.399. The van der Waals surface area contributed by atoms with Gasteiger partial charge < -0.3 is 10.6 Å². The Kier molecular flexibility index (Phi) is 5.91. The Labute approximate surface area is 196 Å². The molecule has 5 rings (SSSR count). The molecule has 0 radical (unpaired) electrons. The van der Waals surface area contributed by atoms with Gasteiger partial charge in [-0.15, -0.1) is 0 Å². The third kappa shape index (κ3) is 4.88. The molecule has 0 saturated heterocycles. The second-order valence-corrected chi connectivity index (χ2v) is 8.63. The van der Waals surface area contributed by atoms with Crippen molar-refractivity contribution < 1.29 is 9.18 Å². The summed E-state index contributed by atoms with van der Waals surface area (Å²) in [5, 5.41) is 10.4. The highest BCUT2D eigenvalue weighted by Crippen LogP contribution is 2.39. The van der Waals surface area contributed by atoms with Gasteiger partial charge in [0.1, 0.15) is 17.2 Å². The molecule has 1 aliphatic carbocycles. The normalized spacial score (nSPS) is 14.2. The van der Waals surface area contributed by atoms with Crippen molar-refractivity contribution in [3.8, 4) is 0 Å². The van der Waals surface area contributed by atoms with Crippen LogP contribution in [0.2, 0.25) is 0 Å². The molecule has 0 spiro atoms. The smallest absolute Gasteiger partial charge is 0.230 e. The van der Waals surface area contributed by atoms with Crippen LogP contribution in [0.15, 0.2) is 48.9 Å². The number of carbonyl (C=O) groups is 1. The van der Waals surface area contributed by atoms with E-state index in [4.69, 9.17) is 0 Å². The molecule has 4 aromatic rings. The van der Waals surface area contributed by atoms with Gasteiger partial charge in [-0.3, -0.25) is 14.5 Å². The molecule has 34 heavy (non-hydrogen) atoms. The third-order valence-electron chi connectivity index (χ3n) is 5.95.